The van der Waals surface area contributed by atoms with Crippen molar-refractivity contribution >= 4 is 17.2 Å². The molecule has 4 rings (SSSR count). The van der Waals surface area contributed by atoms with Crippen LogP contribution in [0.15, 0.2) is 66.0 Å². The highest BCUT2D eigenvalue weighted by Gasteiger charge is 2.27. The molecule has 0 aliphatic carbocycles. The number of morpholine rings is 1. The zero-order valence-electron chi connectivity index (χ0n) is 18.1. The minimum Gasteiger partial charge on any atom is -0.496 e. The molecule has 32 heavy (non-hydrogen) atoms. The predicted octanol–water partition coefficient (Wildman–Crippen LogP) is 4.50. The van der Waals surface area contributed by atoms with E-state index in [1.807, 2.05) is 40.6 Å². The van der Waals surface area contributed by atoms with E-state index in [9.17, 15) is 9.18 Å². The van der Waals surface area contributed by atoms with Gasteiger partial charge in [0.1, 0.15) is 17.7 Å². The molecule has 5 nitrogen and oxygen atoms in total. The SMILES string of the molecule is COc1ccccc1CN(CC(=O)N1CCOC(c2ccc(F)cc2)C1)Cc1cccs1. The summed E-state index contributed by atoms with van der Waals surface area (Å²) in [6.45, 7) is 3.08. The Kier molecular flexibility index (Phi) is 7.52. The largest absolute Gasteiger partial charge is 0.496 e. The van der Waals surface area contributed by atoms with Crippen LogP contribution in [0.3, 0.4) is 0 Å². The van der Waals surface area contributed by atoms with E-state index in [-0.39, 0.29) is 17.8 Å². The summed E-state index contributed by atoms with van der Waals surface area (Å²) in [7, 11) is 1.66. The lowest BCUT2D eigenvalue weighted by atomic mass is 10.1. The summed E-state index contributed by atoms with van der Waals surface area (Å²) in [6.07, 6.45) is -0.242. The zero-order valence-corrected chi connectivity index (χ0v) is 18.9. The summed E-state index contributed by atoms with van der Waals surface area (Å²) in [6, 6.07) is 18.3. The van der Waals surface area contributed by atoms with Crippen molar-refractivity contribution in [2.24, 2.45) is 0 Å². The number of carbonyl (C=O) groups is 1. The Labute approximate surface area is 192 Å². The van der Waals surface area contributed by atoms with Gasteiger partial charge >= 0.3 is 0 Å². The van der Waals surface area contributed by atoms with Gasteiger partial charge in [-0.3, -0.25) is 9.69 Å². The molecule has 2 heterocycles. The summed E-state index contributed by atoms with van der Waals surface area (Å²) in [4.78, 5) is 18.5. The van der Waals surface area contributed by atoms with E-state index in [0.717, 1.165) is 16.9 Å². The number of thiophene rings is 1. The van der Waals surface area contributed by atoms with Gasteiger partial charge in [0.25, 0.3) is 0 Å². The zero-order chi connectivity index (χ0) is 22.3. The molecule has 1 atom stereocenters. The molecule has 0 N–H and O–H groups in total. The maximum atomic E-state index is 13.3. The molecular weight excluding hydrogens is 427 g/mol. The first-order valence-corrected chi connectivity index (χ1v) is 11.5. The number of hydrogen-bond acceptors (Lipinski definition) is 5. The van der Waals surface area contributed by atoms with Gasteiger partial charge in [-0.2, -0.15) is 0 Å². The Morgan fingerprint density at radius 1 is 1.16 bits per heavy atom. The number of para-hydroxylation sites is 1. The Morgan fingerprint density at radius 3 is 2.72 bits per heavy atom. The van der Waals surface area contributed by atoms with Crippen molar-refractivity contribution < 1.29 is 18.7 Å². The van der Waals surface area contributed by atoms with Gasteiger partial charge in [-0.25, -0.2) is 4.39 Å². The third-order valence-corrected chi connectivity index (χ3v) is 6.43. The maximum absolute atomic E-state index is 13.3. The van der Waals surface area contributed by atoms with Crippen LogP contribution in [0.25, 0.3) is 0 Å². The molecule has 1 aliphatic rings. The van der Waals surface area contributed by atoms with Crippen LogP contribution in [-0.4, -0.2) is 49.1 Å². The average Bonchev–Trinajstić information content (AvgIpc) is 3.33. The van der Waals surface area contributed by atoms with Gasteiger partial charge in [0.2, 0.25) is 5.91 Å². The fourth-order valence-electron chi connectivity index (χ4n) is 3.91. The second-order valence-corrected chi connectivity index (χ2v) is 8.82. The van der Waals surface area contributed by atoms with Crippen molar-refractivity contribution in [2.75, 3.05) is 33.4 Å². The van der Waals surface area contributed by atoms with E-state index in [1.165, 1.54) is 17.0 Å². The molecule has 1 unspecified atom stereocenters. The number of hydrogen-bond donors (Lipinski definition) is 0. The van der Waals surface area contributed by atoms with Gasteiger partial charge in [-0.05, 0) is 35.2 Å². The van der Waals surface area contributed by atoms with Crippen molar-refractivity contribution in [3.05, 3.63) is 87.9 Å². The molecule has 1 fully saturated rings. The maximum Gasteiger partial charge on any atom is 0.236 e. The molecule has 1 aliphatic heterocycles. The van der Waals surface area contributed by atoms with Crippen LogP contribution in [0, 0.1) is 5.82 Å². The first-order valence-electron chi connectivity index (χ1n) is 10.6. The average molecular weight is 455 g/mol. The third-order valence-electron chi connectivity index (χ3n) is 5.57. The molecule has 0 bridgehead atoms. The predicted molar refractivity (Wildman–Crippen MR) is 123 cm³/mol. The number of carbonyl (C=O) groups excluding carboxylic acids is 1. The molecule has 1 aromatic heterocycles. The standard InChI is InChI=1S/C25H27FN2O3S/c1-30-23-7-3-2-5-20(23)15-27(16-22-6-4-14-32-22)18-25(29)28-12-13-31-24(17-28)19-8-10-21(26)11-9-19/h2-11,14,24H,12-13,15-18H2,1H3. The number of rotatable bonds is 8. The molecule has 3 aromatic rings. The van der Waals surface area contributed by atoms with E-state index < -0.39 is 0 Å². The van der Waals surface area contributed by atoms with Gasteiger partial charge in [0.05, 0.1) is 26.8 Å². The van der Waals surface area contributed by atoms with Gasteiger partial charge in [-0.1, -0.05) is 36.4 Å². The Balaban J connectivity index is 1.45. The fourth-order valence-corrected chi connectivity index (χ4v) is 4.66. The summed E-state index contributed by atoms with van der Waals surface area (Å²) in [5, 5.41) is 2.05. The van der Waals surface area contributed by atoms with Crippen LogP contribution in [-0.2, 0) is 22.6 Å². The molecular formula is C25H27FN2O3S. The molecule has 1 amide bonds. The molecule has 0 spiro atoms. The van der Waals surface area contributed by atoms with Crippen molar-refractivity contribution in [3.8, 4) is 5.75 Å². The number of benzene rings is 2. The normalized spacial score (nSPS) is 16.3. The van der Waals surface area contributed by atoms with Crippen LogP contribution in [0.5, 0.6) is 5.75 Å². The second-order valence-electron chi connectivity index (χ2n) is 7.79. The fraction of sp³-hybridized carbons (Fsp3) is 0.320. The number of ether oxygens (including phenoxy) is 2. The van der Waals surface area contributed by atoms with Gasteiger partial charge in [0.15, 0.2) is 0 Å². The smallest absolute Gasteiger partial charge is 0.236 e. The van der Waals surface area contributed by atoms with Crippen LogP contribution in [0.1, 0.15) is 22.1 Å². The van der Waals surface area contributed by atoms with E-state index in [0.29, 0.717) is 39.3 Å². The number of amides is 1. The van der Waals surface area contributed by atoms with E-state index in [4.69, 9.17) is 9.47 Å². The lowest BCUT2D eigenvalue weighted by Crippen LogP contribution is -2.46. The topological polar surface area (TPSA) is 42.0 Å². The summed E-state index contributed by atoms with van der Waals surface area (Å²) in [5.41, 5.74) is 1.93. The molecule has 0 saturated carbocycles. The molecule has 7 heteroatoms. The van der Waals surface area contributed by atoms with Crippen LogP contribution in [0.2, 0.25) is 0 Å². The minimum atomic E-state index is -0.280. The van der Waals surface area contributed by atoms with Crippen LogP contribution < -0.4 is 4.74 Å². The highest BCUT2D eigenvalue weighted by Crippen LogP contribution is 2.24. The minimum absolute atomic E-state index is 0.0619. The van der Waals surface area contributed by atoms with E-state index in [1.54, 1.807) is 30.6 Å². The first kappa shape index (κ1) is 22.5. The van der Waals surface area contributed by atoms with Gasteiger partial charge < -0.3 is 14.4 Å². The summed E-state index contributed by atoms with van der Waals surface area (Å²) >= 11 is 1.68. The number of methoxy groups -OCH3 is 1. The lowest BCUT2D eigenvalue weighted by Gasteiger charge is -2.34. The van der Waals surface area contributed by atoms with Crippen LogP contribution in [0.4, 0.5) is 4.39 Å². The molecule has 0 radical (unpaired) electrons. The lowest BCUT2D eigenvalue weighted by molar-refractivity contribution is -0.140. The summed E-state index contributed by atoms with van der Waals surface area (Å²) < 4.78 is 24.6. The van der Waals surface area contributed by atoms with Crippen molar-refractivity contribution in [1.29, 1.82) is 0 Å². The van der Waals surface area contributed by atoms with Gasteiger partial charge in [0, 0.05) is 30.1 Å². The van der Waals surface area contributed by atoms with Crippen molar-refractivity contribution in [1.82, 2.24) is 9.80 Å². The van der Waals surface area contributed by atoms with E-state index >= 15 is 0 Å². The Bertz CT molecular complexity index is 1010. The highest BCUT2D eigenvalue weighted by molar-refractivity contribution is 7.09. The summed E-state index contributed by atoms with van der Waals surface area (Å²) in [5.74, 6) is 0.601. The second kappa shape index (κ2) is 10.7. The molecule has 2 aromatic carbocycles. The Morgan fingerprint density at radius 2 is 1.97 bits per heavy atom. The first-order chi connectivity index (χ1) is 15.6. The van der Waals surface area contributed by atoms with Crippen LogP contribution >= 0.6 is 11.3 Å². The number of halogens is 1. The monoisotopic (exact) mass is 454 g/mol. The highest BCUT2D eigenvalue weighted by atomic mass is 32.1. The van der Waals surface area contributed by atoms with E-state index in [2.05, 4.69) is 11.0 Å². The Hall–Kier alpha value is -2.74. The number of nitrogens with zero attached hydrogens (tertiary/aromatic N) is 2. The third kappa shape index (κ3) is 5.73. The molecule has 1 saturated heterocycles. The molecule has 168 valence electrons. The van der Waals surface area contributed by atoms with Crippen molar-refractivity contribution in [2.45, 2.75) is 19.2 Å². The van der Waals surface area contributed by atoms with Crippen molar-refractivity contribution in [3.63, 3.8) is 0 Å². The van der Waals surface area contributed by atoms with Gasteiger partial charge in [-0.15, -0.1) is 11.3 Å². The quantitative estimate of drug-likeness (QED) is 0.503.